The second kappa shape index (κ2) is 9.47. The van der Waals surface area contributed by atoms with Gasteiger partial charge in [-0.25, -0.2) is 4.39 Å². The third-order valence-corrected chi connectivity index (χ3v) is 2.44. The predicted octanol–water partition coefficient (Wildman–Crippen LogP) is 1.55. The summed E-state index contributed by atoms with van der Waals surface area (Å²) in [6, 6.07) is 5.33. The van der Waals surface area contributed by atoms with Gasteiger partial charge in [-0.05, 0) is 31.3 Å². The molecule has 0 spiro atoms. The Balaban J connectivity index is 0.00000324. The van der Waals surface area contributed by atoms with E-state index in [0.29, 0.717) is 18.7 Å². The van der Waals surface area contributed by atoms with Crippen molar-refractivity contribution in [2.75, 3.05) is 20.1 Å². The Morgan fingerprint density at radius 2 is 1.74 bits per heavy atom. The van der Waals surface area contributed by atoms with E-state index in [1.807, 2.05) is 0 Å². The minimum atomic E-state index is -0.378. The van der Waals surface area contributed by atoms with Gasteiger partial charge in [0.1, 0.15) is 5.82 Å². The van der Waals surface area contributed by atoms with Crippen LogP contribution in [-0.4, -0.2) is 31.8 Å². The smallest absolute Gasteiger partial charge is 0.220 e. The lowest BCUT2D eigenvalue weighted by Crippen LogP contribution is -2.30. The van der Waals surface area contributed by atoms with Gasteiger partial charge in [0.15, 0.2) is 5.78 Å². The Labute approximate surface area is 118 Å². The molecule has 1 amide bonds. The Morgan fingerprint density at radius 3 is 2.32 bits per heavy atom. The zero-order valence-electron chi connectivity index (χ0n) is 10.7. The van der Waals surface area contributed by atoms with Crippen LogP contribution in [0.25, 0.3) is 0 Å². The SMILES string of the molecule is CNCCNC(=O)CCC(=O)c1ccc(F)cc1.Cl. The molecule has 0 unspecified atom stereocenters. The first-order valence-corrected chi connectivity index (χ1v) is 5.83. The molecule has 0 aliphatic carbocycles. The number of nitrogens with one attached hydrogen (secondary N) is 2. The van der Waals surface area contributed by atoms with Crippen molar-refractivity contribution in [3.05, 3.63) is 35.6 Å². The number of halogens is 2. The van der Waals surface area contributed by atoms with Crippen LogP contribution in [0.5, 0.6) is 0 Å². The molecular formula is C13H18ClFN2O2. The van der Waals surface area contributed by atoms with Gasteiger partial charge in [0.05, 0.1) is 0 Å². The number of ketones is 1. The topological polar surface area (TPSA) is 58.2 Å². The van der Waals surface area contributed by atoms with Crippen LogP contribution >= 0.6 is 12.4 Å². The van der Waals surface area contributed by atoms with E-state index in [-0.39, 0.29) is 42.8 Å². The van der Waals surface area contributed by atoms with Gasteiger partial charge in [-0.1, -0.05) is 0 Å². The van der Waals surface area contributed by atoms with Gasteiger partial charge < -0.3 is 10.6 Å². The van der Waals surface area contributed by atoms with Crippen molar-refractivity contribution in [3.8, 4) is 0 Å². The standard InChI is InChI=1S/C13H17FN2O2.ClH/c1-15-8-9-16-13(18)7-6-12(17)10-2-4-11(14)5-3-10;/h2-5,15H,6-9H2,1H3,(H,16,18);1H. The van der Waals surface area contributed by atoms with E-state index in [4.69, 9.17) is 0 Å². The molecule has 0 aromatic heterocycles. The third-order valence-electron chi connectivity index (χ3n) is 2.44. The molecule has 0 bridgehead atoms. The molecule has 2 N–H and O–H groups in total. The molecule has 1 aromatic rings. The number of benzene rings is 1. The van der Waals surface area contributed by atoms with Crippen molar-refractivity contribution in [3.63, 3.8) is 0 Å². The van der Waals surface area contributed by atoms with Crippen molar-refractivity contribution in [2.45, 2.75) is 12.8 Å². The molecule has 0 heterocycles. The average molecular weight is 289 g/mol. The molecule has 1 rings (SSSR count). The molecule has 6 heteroatoms. The van der Waals surface area contributed by atoms with Crippen molar-refractivity contribution in [2.24, 2.45) is 0 Å². The predicted molar refractivity (Wildman–Crippen MR) is 74.1 cm³/mol. The van der Waals surface area contributed by atoms with E-state index in [9.17, 15) is 14.0 Å². The highest BCUT2D eigenvalue weighted by Crippen LogP contribution is 2.07. The maximum Gasteiger partial charge on any atom is 0.220 e. The van der Waals surface area contributed by atoms with E-state index < -0.39 is 0 Å². The van der Waals surface area contributed by atoms with Gasteiger partial charge in [-0.2, -0.15) is 0 Å². The highest BCUT2D eigenvalue weighted by atomic mass is 35.5. The molecule has 106 valence electrons. The first-order chi connectivity index (χ1) is 8.63. The number of carbonyl (C=O) groups is 2. The van der Waals surface area contributed by atoms with Crippen molar-refractivity contribution >= 4 is 24.1 Å². The van der Waals surface area contributed by atoms with Gasteiger partial charge >= 0.3 is 0 Å². The Bertz CT molecular complexity index is 410. The van der Waals surface area contributed by atoms with Crippen LogP contribution in [0.1, 0.15) is 23.2 Å². The van der Waals surface area contributed by atoms with Crippen molar-refractivity contribution in [1.82, 2.24) is 10.6 Å². The molecule has 19 heavy (non-hydrogen) atoms. The molecule has 1 aromatic carbocycles. The fourth-order valence-electron chi connectivity index (χ4n) is 1.42. The lowest BCUT2D eigenvalue weighted by molar-refractivity contribution is -0.121. The molecule has 0 atom stereocenters. The summed E-state index contributed by atoms with van der Waals surface area (Å²) in [4.78, 5) is 23.0. The Kier molecular flexibility index (Phi) is 8.74. The molecule has 0 fully saturated rings. The quantitative estimate of drug-likeness (QED) is 0.591. The number of hydrogen-bond acceptors (Lipinski definition) is 3. The summed E-state index contributed by atoms with van der Waals surface area (Å²) in [7, 11) is 1.80. The number of likely N-dealkylation sites (N-methyl/N-ethyl adjacent to an activating group) is 1. The fraction of sp³-hybridized carbons (Fsp3) is 0.385. The van der Waals surface area contributed by atoms with Gasteiger partial charge in [0, 0.05) is 31.5 Å². The fourth-order valence-corrected chi connectivity index (χ4v) is 1.42. The summed E-state index contributed by atoms with van der Waals surface area (Å²) < 4.78 is 12.7. The molecule has 0 radical (unpaired) electrons. The molecule has 0 saturated heterocycles. The van der Waals surface area contributed by atoms with Crippen LogP contribution in [0.2, 0.25) is 0 Å². The number of carbonyl (C=O) groups excluding carboxylic acids is 2. The second-order valence-electron chi connectivity index (χ2n) is 3.88. The average Bonchev–Trinajstić information content (AvgIpc) is 2.37. The van der Waals surface area contributed by atoms with Gasteiger partial charge in [-0.3, -0.25) is 9.59 Å². The van der Waals surface area contributed by atoms with Crippen LogP contribution in [0.4, 0.5) is 4.39 Å². The van der Waals surface area contributed by atoms with E-state index in [0.717, 1.165) is 0 Å². The zero-order valence-corrected chi connectivity index (χ0v) is 11.6. The molecule has 0 aliphatic heterocycles. The van der Waals surface area contributed by atoms with E-state index in [1.54, 1.807) is 7.05 Å². The lowest BCUT2D eigenvalue weighted by Gasteiger charge is -2.04. The normalized spacial score (nSPS) is 9.58. The van der Waals surface area contributed by atoms with Crippen molar-refractivity contribution in [1.29, 1.82) is 0 Å². The monoisotopic (exact) mass is 288 g/mol. The van der Waals surface area contributed by atoms with Crippen LogP contribution < -0.4 is 10.6 Å². The number of rotatable bonds is 7. The molecule has 0 saturated carbocycles. The van der Waals surface area contributed by atoms with Gasteiger partial charge in [0.25, 0.3) is 0 Å². The van der Waals surface area contributed by atoms with Gasteiger partial charge in [-0.15, -0.1) is 12.4 Å². The number of Topliss-reactive ketones (excluding diaryl/α,β-unsaturated/α-hetero) is 1. The molecule has 0 aliphatic rings. The first-order valence-electron chi connectivity index (χ1n) is 5.83. The molecule has 4 nitrogen and oxygen atoms in total. The maximum atomic E-state index is 12.7. The van der Waals surface area contributed by atoms with Crippen LogP contribution in [-0.2, 0) is 4.79 Å². The summed E-state index contributed by atoms with van der Waals surface area (Å²) in [6.45, 7) is 1.23. The summed E-state index contributed by atoms with van der Waals surface area (Å²) in [5.41, 5.74) is 0.430. The zero-order chi connectivity index (χ0) is 13.4. The minimum absolute atomic E-state index is 0. The number of amides is 1. The first kappa shape index (κ1) is 17.5. The summed E-state index contributed by atoms with van der Waals surface area (Å²) in [6.07, 6.45) is 0.289. The maximum absolute atomic E-state index is 12.7. The summed E-state index contributed by atoms with van der Waals surface area (Å²) in [5.74, 6) is -0.684. The highest BCUT2D eigenvalue weighted by Gasteiger charge is 2.08. The second-order valence-corrected chi connectivity index (χ2v) is 3.88. The summed E-state index contributed by atoms with van der Waals surface area (Å²) >= 11 is 0. The summed E-state index contributed by atoms with van der Waals surface area (Å²) in [5, 5.41) is 5.59. The van der Waals surface area contributed by atoms with Gasteiger partial charge in [0.2, 0.25) is 5.91 Å². The molecular weight excluding hydrogens is 271 g/mol. The van der Waals surface area contributed by atoms with Crippen LogP contribution in [0, 0.1) is 5.82 Å². The van der Waals surface area contributed by atoms with E-state index >= 15 is 0 Å². The van der Waals surface area contributed by atoms with Crippen LogP contribution in [0.15, 0.2) is 24.3 Å². The third kappa shape index (κ3) is 6.88. The Morgan fingerprint density at radius 1 is 1.11 bits per heavy atom. The van der Waals surface area contributed by atoms with Crippen molar-refractivity contribution < 1.29 is 14.0 Å². The highest BCUT2D eigenvalue weighted by molar-refractivity contribution is 5.97. The number of hydrogen-bond donors (Lipinski definition) is 2. The lowest BCUT2D eigenvalue weighted by atomic mass is 10.1. The van der Waals surface area contributed by atoms with E-state index in [1.165, 1.54) is 24.3 Å². The Hall–Kier alpha value is -1.46. The van der Waals surface area contributed by atoms with Crippen LogP contribution in [0.3, 0.4) is 0 Å². The minimum Gasteiger partial charge on any atom is -0.355 e. The van der Waals surface area contributed by atoms with E-state index in [2.05, 4.69) is 10.6 Å². The largest absolute Gasteiger partial charge is 0.355 e.